The molecule has 1 heterocycles. The van der Waals surface area contributed by atoms with Crippen molar-refractivity contribution in [2.24, 2.45) is 0 Å². The van der Waals surface area contributed by atoms with E-state index in [1.54, 1.807) is 6.07 Å². The molecule has 0 aliphatic rings. The highest BCUT2D eigenvalue weighted by atomic mass is 16.5. The van der Waals surface area contributed by atoms with E-state index in [0.29, 0.717) is 16.9 Å². The van der Waals surface area contributed by atoms with Crippen LogP contribution in [0.1, 0.15) is 18.1 Å². The molecule has 0 aliphatic heterocycles. The molecule has 1 atom stereocenters. The summed E-state index contributed by atoms with van der Waals surface area (Å²) in [6, 6.07) is 10.2. The number of aliphatic carboxylic acids is 1. The minimum absolute atomic E-state index is 0.0806. The van der Waals surface area contributed by atoms with E-state index >= 15 is 0 Å². The number of aryl methyl sites for hydroxylation is 2. The van der Waals surface area contributed by atoms with Crippen LogP contribution in [0.4, 0.5) is 0 Å². The first kappa shape index (κ1) is 17.5. The van der Waals surface area contributed by atoms with E-state index < -0.39 is 12.1 Å². The van der Waals surface area contributed by atoms with Crippen molar-refractivity contribution in [3.63, 3.8) is 0 Å². The van der Waals surface area contributed by atoms with E-state index in [-0.39, 0.29) is 16.8 Å². The number of hydrogen-bond donors (Lipinski definition) is 1. The Bertz CT molecular complexity index is 1030. The van der Waals surface area contributed by atoms with Crippen molar-refractivity contribution in [3.8, 4) is 17.2 Å². The predicted octanol–water partition coefficient (Wildman–Crippen LogP) is 4.05. The van der Waals surface area contributed by atoms with Crippen LogP contribution in [0.15, 0.2) is 51.9 Å². The maximum Gasteiger partial charge on any atom is 0.344 e. The van der Waals surface area contributed by atoms with Crippen LogP contribution in [-0.4, -0.2) is 17.2 Å². The molecule has 0 spiro atoms. The maximum atomic E-state index is 12.6. The summed E-state index contributed by atoms with van der Waals surface area (Å²) in [6.07, 6.45) is 0.236. The molecule has 0 aliphatic carbocycles. The van der Waals surface area contributed by atoms with Gasteiger partial charge in [-0.3, -0.25) is 4.79 Å². The van der Waals surface area contributed by atoms with Gasteiger partial charge in [0.25, 0.3) is 0 Å². The average Bonchev–Trinajstić information content (AvgIpc) is 2.59. The normalized spacial score (nSPS) is 12.0. The van der Waals surface area contributed by atoms with E-state index in [2.05, 4.69) is 0 Å². The second-order valence-corrected chi connectivity index (χ2v) is 6.06. The van der Waals surface area contributed by atoms with Crippen molar-refractivity contribution in [3.05, 3.63) is 64.0 Å². The van der Waals surface area contributed by atoms with Crippen LogP contribution in [-0.2, 0) is 4.79 Å². The molecule has 3 aromatic rings. The van der Waals surface area contributed by atoms with Gasteiger partial charge in [-0.25, -0.2) is 4.79 Å². The summed E-state index contributed by atoms with van der Waals surface area (Å²) in [5.74, 6) is -0.114. The lowest BCUT2D eigenvalue weighted by atomic mass is 10.1. The standard InChI is InChI=1S/C20H18O6/c1-11-4-7-16(12(2)8-11)26-18-10-24-17-9-14(25-13(3)20(22)23)5-6-15(17)19(18)21/h4-10,13H,1-3H3,(H,22,23). The van der Waals surface area contributed by atoms with Gasteiger partial charge in [0.05, 0.1) is 5.39 Å². The minimum atomic E-state index is -1.08. The molecule has 26 heavy (non-hydrogen) atoms. The number of fused-ring (bicyclic) bond motifs is 1. The summed E-state index contributed by atoms with van der Waals surface area (Å²) in [7, 11) is 0. The van der Waals surface area contributed by atoms with Gasteiger partial charge in [-0.2, -0.15) is 0 Å². The number of carbonyl (C=O) groups is 1. The molecule has 0 fully saturated rings. The Kier molecular flexibility index (Phi) is 4.67. The molecule has 1 unspecified atom stereocenters. The maximum absolute atomic E-state index is 12.6. The molecule has 0 bridgehead atoms. The molecule has 0 saturated carbocycles. The quantitative estimate of drug-likeness (QED) is 0.744. The first-order chi connectivity index (χ1) is 12.3. The van der Waals surface area contributed by atoms with Gasteiger partial charge in [0, 0.05) is 6.07 Å². The third kappa shape index (κ3) is 3.54. The summed E-state index contributed by atoms with van der Waals surface area (Å²) in [5, 5.41) is 9.22. The zero-order valence-corrected chi connectivity index (χ0v) is 14.6. The summed E-state index contributed by atoms with van der Waals surface area (Å²) in [4.78, 5) is 23.5. The van der Waals surface area contributed by atoms with Crippen LogP contribution in [0.5, 0.6) is 17.2 Å². The Balaban J connectivity index is 1.93. The van der Waals surface area contributed by atoms with Gasteiger partial charge in [-0.15, -0.1) is 0 Å². The topological polar surface area (TPSA) is 86.0 Å². The lowest BCUT2D eigenvalue weighted by Crippen LogP contribution is -2.22. The number of ether oxygens (including phenoxy) is 2. The van der Waals surface area contributed by atoms with Crippen molar-refractivity contribution in [1.29, 1.82) is 0 Å². The number of hydrogen-bond acceptors (Lipinski definition) is 5. The molecular weight excluding hydrogens is 336 g/mol. The molecule has 1 N–H and O–H groups in total. The molecular formula is C20H18O6. The zero-order valence-electron chi connectivity index (χ0n) is 14.6. The molecule has 0 radical (unpaired) electrons. The van der Waals surface area contributed by atoms with Gasteiger partial charge < -0.3 is 19.0 Å². The monoisotopic (exact) mass is 354 g/mol. The minimum Gasteiger partial charge on any atom is -0.479 e. The highest BCUT2D eigenvalue weighted by Crippen LogP contribution is 2.26. The Hall–Kier alpha value is -3.28. The van der Waals surface area contributed by atoms with Gasteiger partial charge in [0.15, 0.2) is 6.10 Å². The SMILES string of the molecule is Cc1ccc(Oc2coc3cc(OC(C)C(=O)O)ccc3c2=O)c(C)c1. The molecule has 2 aromatic carbocycles. The van der Waals surface area contributed by atoms with Crippen molar-refractivity contribution >= 4 is 16.9 Å². The average molecular weight is 354 g/mol. The van der Waals surface area contributed by atoms with Crippen molar-refractivity contribution in [1.82, 2.24) is 0 Å². The summed E-state index contributed by atoms with van der Waals surface area (Å²) < 4.78 is 16.5. The van der Waals surface area contributed by atoms with E-state index in [0.717, 1.165) is 11.1 Å². The summed E-state index contributed by atoms with van der Waals surface area (Å²) in [5.41, 5.74) is 1.99. The Morgan fingerprint density at radius 1 is 1.12 bits per heavy atom. The number of carboxylic acids is 1. The second-order valence-electron chi connectivity index (χ2n) is 6.06. The van der Waals surface area contributed by atoms with E-state index in [1.165, 1.54) is 31.4 Å². The van der Waals surface area contributed by atoms with E-state index in [4.69, 9.17) is 19.0 Å². The van der Waals surface area contributed by atoms with Gasteiger partial charge >= 0.3 is 5.97 Å². The highest BCUT2D eigenvalue weighted by molar-refractivity contribution is 5.79. The smallest absolute Gasteiger partial charge is 0.344 e. The van der Waals surface area contributed by atoms with Crippen LogP contribution in [0, 0.1) is 13.8 Å². The molecule has 6 heteroatoms. The van der Waals surface area contributed by atoms with Gasteiger partial charge in [-0.05, 0) is 44.5 Å². The highest BCUT2D eigenvalue weighted by Gasteiger charge is 2.15. The van der Waals surface area contributed by atoms with Gasteiger partial charge in [0.2, 0.25) is 11.2 Å². The predicted molar refractivity (Wildman–Crippen MR) is 96.2 cm³/mol. The Morgan fingerprint density at radius 3 is 2.58 bits per heavy atom. The fourth-order valence-corrected chi connectivity index (χ4v) is 2.52. The van der Waals surface area contributed by atoms with Crippen molar-refractivity contribution in [2.45, 2.75) is 26.9 Å². The van der Waals surface area contributed by atoms with Crippen LogP contribution >= 0.6 is 0 Å². The van der Waals surface area contributed by atoms with Crippen LogP contribution in [0.3, 0.4) is 0 Å². The number of carboxylic acid groups (broad SMARTS) is 1. The number of rotatable bonds is 5. The first-order valence-corrected chi connectivity index (χ1v) is 8.05. The van der Waals surface area contributed by atoms with Crippen LogP contribution in [0.25, 0.3) is 11.0 Å². The van der Waals surface area contributed by atoms with E-state index in [9.17, 15) is 9.59 Å². The molecule has 0 amide bonds. The van der Waals surface area contributed by atoms with Gasteiger partial charge in [-0.1, -0.05) is 17.7 Å². The van der Waals surface area contributed by atoms with Gasteiger partial charge in [0.1, 0.15) is 23.3 Å². The van der Waals surface area contributed by atoms with E-state index in [1.807, 2.05) is 26.0 Å². The van der Waals surface area contributed by atoms with Crippen LogP contribution in [0.2, 0.25) is 0 Å². The third-order valence-electron chi connectivity index (χ3n) is 3.93. The summed E-state index contributed by atoms with van der Waals surface area (Å²) >= 11 is 0. The molecule has 1 aromatic heterocycles. The number of benzene rings is 2. The fourth-order valence-electron chi connectivity index (χ4n) is 2.52. The Morgan fingerprint density at radius 2 is 1.88 bits per heavy atom. The largest absolute Gasteiger partial charge is 0.479 e. The van der Waals surface area contributed by atoms with Crippen molar-refractivity contribution < 1.29 is 23.8 Å². The lowest BCUT2D eigenvalue weighted by molar-refractivity contribution is -0.144. The first-order valence-electron chi connectivity index (χ1n) is 8.05. The Labute approximate surface area is 149 Å². The third-order valence-corrected chi connectivity index (χ3v) is 3.93. The fraction of sp³-hybridized carbons (Fsp3) is 0.200. The second kappa shape index (κ2) is 6.92. The van der Waals surface area contributed by atoms with Crippen molar-refractivity contribution in [2.75, 3.05) is 0 Å². The van der Waals surface area contributed by atoms with Crippen LogP contribution < -0.4 is 14.9 Å². The summed E-state index contributed by atoms with van der Waals surface area (Å²) in [6.45, 7) is 5.30. The zero-order chi connectivity index (χ0) is 18.8. The molecule has 3 rings (SSSR count). The molecule has 6 nitrogen and oxygen atoms in total. The molecule has 0 saturated heterocycles. The lowest BCUT2D eigenvalue weighted by Gasteiger charge is -2.11. The molecule has 134 valence electrons.